The average molecular weight is 288 g/mol. The van der Waals surface area contributed by atoms with Gasteiger partial charge >= 0.3 is 0 Å². The monoisotopic (exact) mass is 288 g/mol. The number of aryl methyl sites for hydroxylation is 2. The normalized spacial score (nSPS) is 10.8. The van der Waals surface area contributed by atoms with Gasteiger partial charge in [0.2, 0.25) is 0 Å². The summed E-state index contributed by atoms with van der Waals surface area (Å²) in [5.41, 5.74) is 4.40. The minimum absolute atomic E-state index is 0.766. The Kier molecular flexibility index (Phi) is 5.09. The van der Waals surface area contributed by atoms with Crippen molar-refractivity contribution in [1.29, 1.82) is 0 Å². The number of nitrogens with one attached hydrogen (secondary N) is 1. The largest absolute Gasteiger partial charge is 0.313 e. The van der Waals surface area contributed by atoms with Gasteiger partial charge in [0.15, 0.2) is 5.16 Å². The van der Waals surface area contributed by atoms with E-state index in [1.54, 1.807) is 0 Å². The van der Waals surface area contributed by atoms with Crippen molar-refractivity contribution in [2.75, 3.05) is 6.54 Å². The van der Waals surface area contributed by atoms with Crippen LogP contribution >= 0.6 is 11.8 Å². The molecule has 0 aliphatic rings. The van der Waals surface area contributed by atoms with Crippen LogP contribution in [-0.4, -0.2) is 21.5 Å². The van der Waals surface area contributed by atoms with Gasteiger partial charge in [-0.2, -0.15) is 0 Å². The molecule has 2 aromatic rings. The van der Waals surface area contributed by atoms with Gasteiger partial charge in [-0.15, -0.1) is 0 Å². The summed E-state index contributed by atoms with van der Waals surface area (Å²) in [6.45, 7) is 9.95. The Morgan fingerprint density at radius 2 is 1.85 bits per heavy atom. The average Bonchev–Trinajstić information content (AvgIpc) is 2.44. The van der Waals surface area contributed by atoms with Crippen LogP contribution < -0.4 is 5.32 Å². The minimum Gasteiger partial charge on any atom is -0.313 e. The Morgan fingerprint density at radius 1 is 1.15 bits per heavy atom. The summed E-state index contributed by atoms with van der Waals surface area (Å²) in [6.07, 6.45) is 1.81. The predicted octanol–water partition coefficient (Wildman–Crippen LogP) is 3.06. The first-order valence-electron chi connectivity index (χ1n) is 6.76. The van der Waals surface area contributed by atoms with E-state index in [-0.39, 0.29) is 0 Å². The van der Waals surface area contributed by atoms with E-state index in [4.69, 9.17) is 0 Å². The standard InChI is InChI=1S/C15H20N4S/c1-5-16-9-13-7-6-8-17-14(13)20-15-18-11(3)10(2)12(4)19-15/h6-8,16H,5,9H2,1-4H3. The van der Waals surface area contributed by atoms with Crippen LogP contribution in [0.1, 0.15) is 29.4 Å². The molecule has 0 radical (unpaired) electrons. The molecule has 106 valence electrons. The maximum absolute atomic E-state index is 4.54. The molecular weight excluding hydrogens is 268 g/mol. The zero-order chi connectivity index (χ0) is 14.5. The molecule has 0 aliphatic carbocycles. The lowest BCUT2D eigenvalue weighted by Crippen LogP contribution is -2.12. The molecule has 5 heteroatoms. The third-order valence-electron chi connectivity index (χ3n) is 3.22. The third-order valence-corrected chi connectivity index (χ3v) is 4.14. The van der Waals surface area contributed by atoms with Crippen LogP contribution in [0.5, 0.6) is 0 Å². The van der Waals surface area contributed by atoms with Crippen molar-refractivity contribution in [1.82, 2.24) is 20.3 Å². The molecule has 0 atom stereocenters. The van der Waals surface area contributed by atoms with E-state index in [0.717, 1.165) is 40.2 Å². The smallest absolute Gasteiger partial charge is 0.194 e. The van der Waals surface area contributed by atoms with Crippen LogP contribution in [0.25, 0.3) is 0 Å². The van der Waals surface area contributed by atoms with Crippen molar-refractivity contribution in [3.8, 4) is 0 Å². The van der Waals surface area contributed by atoms with E-state index in [2.05, 4.69) is 40.2 Å². The van der Waals surface area contributed by atoms with Crippen LogP contribution in [0.3, 0.4) is 0 Å². The van der Waals surface area contributed by atoms with Gasteiger partial charge < -0.3 is 5.32 Å². The van der Waals surface area contributed by atoms with Crippen LogP contribution in [0, 0.1) is 20.8 Å². The van der Waals surface area contributed by atoms with Gasteiger partial charge in [0.1, 0.15) is 5.03 Å². The number of nitrogens with zero attached hydrogens (tertiary/aromatic N) is 3. The van der Waals surface area contributed by atoms with Crippen molar-refractivity contribution < 1.29 is 0 Å². The molecule has 2 aromatic heterocycles. The molecule has 0 spiro atoms. The van der Waals surface area contributed by atoms with Crippen molar-refractivity contribution in [3.05, 3.63) is 40.8 Å². The summed E-state index contributed by atoms with van der Waals surface area (Å²) < 4.78 is 0. The fraction of sp³-hybridized carbons (Fsp3) is 0.400. The molecule has 20 heavy (non-hydrogen) atoms. The van der Waals surface area contributed by atoms with Crippen LogP contribution in [0.4, 0.5) is 0 Å². The molecule has 0 aliphatic heterocycles. The van der Waals surface area contributed by atoms with Gasteiger partial charge in [0.05, 0.1) is 0 Å². The van der Waals surface area contributed by atoms with Crippen molar-refractivity contribution >= 4 is 11.8 Å². The summed E-state index contributed by atoms with van der Waals surface area (Å²) in [5.74, 6) is 0. The molecule has 0 saturated heterocycles. The molecule has 4 nitrogen and oxygen atoms in total. The molecule has 2 heterocycles. The quantitative estimate of drug-likeness (QED) is 0.857. The van der Waals surface area contributed by atoms with E-state index in [1.807, 2.05) is 26.1 Å². The van der Waals surface area contributed by atoms with E-state index < -0.39 is 0 Å². The summed E-state index contributed by atoms with van der Waals surface area (Å²) >= 11 is 1.53. The van der Waals surface area contributed by atoms with Crippen molar-refractivity contribution in [2.24, 2.45) is 0 Å². The second-order valence-corrected chi connectivity index (χ2v) is 5.61. The molecule has 0 aromatic carbocycles. The second-order valence-electron chi connectivity index (χ2n) is 4.65. The first-order valence-corrected chi connectivity index (χ1v) is 7.57. The zero-order valence-electron chi connectivity index (χ0n) is 12.4. The maximum atomic E-state index is 4.54. The van der Waals surface area contributed by atoms with Crippen LogP contribution in [0.15, 0.2) is 28.5 Å². The highest BCUT2D eigenvalue weighted by atomic mass is 32.2. The Morgan fingerprint density at radius 3 is 2.50 bits per heavy atom. The highest BCUT2D eigenvalue weighted by Crippen LogP contribution is 2.27. The molecule has 0 bridgehead atoms. The lowest BCUT2D eigenvalue weighted by Gasteiger charge is -2.09. The highest BCUT2D eigenvalue weighted by Gasteiger charge is 2.10. The molecule has 0 amide bonds. The Bertz CT molecular complexity index is 575. The van der Waals surface area contributed by atoms with Crippen LogP contribution in [0.2, 0.25) is 0 Å². The molecule has 1 N–H and O–H groups in total. The highest BCUT2D eigenvalue weighted by molar-refractivity contribution is 7.99. The number of rotatable bonds is 5. The Labute approximate surface area is 124 Å². The van der Waals surface area contributed by atoms with Crippen molar-refractivity contribution in [2.45, 2.75) is 44.4 Å². The van der Waals surface area contributed by atoms with Crippen LogP contribution in [-0.2, 0) is 6.54 Å². The summed E-state index contributed by atoms with van der Waals surface area (Å²) in [4.78, 5) is 13.5. The molecule has 2 rings (SSSR count). The number of hydrogen-bond acceptors (Lipinski definition) is 5. The predicted molar refractivity (Wildman–Crippen MR) is 82.0 cm³/mol. The van der Waals surface area contributed by atoms with E-state index in [0.29, 0.717) is 0 Å². The van der Waals surface area contributed by atoms with Gasteiger partial charge in [-0.05, 0) is 56.3 Å². The molecule has 0 fully saturated rings. The van der Waals surface area contributed by atoms with E-state index in [9.17, 15) is 0 Å². The van der Waals surface area contributed by atoms with E-state index in [1.165, 1.54) is 17.3 Å². The topological polar surface area (TPSA) is 50.7 Å². The lowest BCUT2D eigenvalue weighted by molar-refractivity contribution is 0.710. The number of hydrogen-bond donors (Lipinski definition) is 1. The summed E-state index contributed by atoms with van der Waals surface area (Å²) in [5, 5.41) is 5.06. The SMILES string of the molecule is CCNCc1cccnc1Sc1nc(C)c(C)c(C)n1. The number of aromatic nitrogens is 3. The summed E-state index contributed by atoms with van der Waals surface area (Å²) in [6, 6.07) is 4.05. The van der Waals surface area contributed by atoms with Gasteiger partial charge in [-0.3, -0.25) is 0 Å². The van der Waals surface area contributed by atoms with Crippen molar-refractivity contribution in [3.63, 3.8) is 0 Å². The number of pyridine rings is 1. The lowest BCUT2D eigenvalue weighted by atomic mass is 10.2. The second kappa shape index (κ2) is 6.81. The van der Waals surface area contributed by atoms with Gasteiger partial charge in [-0.1, -0.05) is 13.0 Å². The molecule has 0 saturated carbocycles. The first-order chi connectivity index (χ1) is 9.61. The van der Waals surface area contributed by atoms with Gasteiger partial charge in [0.25, 0.3) is 0 Å². The fourth-order valence-corrected chi connectivity index (χ4v) is 2.71. The Hall–Kier alpha value is -1.46. The van der Waals surface area contributed by atoms with Gasteiger partial charge in [0, 0.05) is 24.1 Å². The van der Waals surface area contributed by atoms with Gasteiger partial charge in [-0.25, -0.2) is 15.0 Å². The third kappa shape index (κ3) is 3.55. The molecule has 0 unspecified atom stereocenters. The summed E-state index contributed by atoms with van der Waals surface area (Å²) in [7, 11) is 0. The molecular formula is C15H20N4S. The maximum Gasteiger partial charge on any atom is 0.194 e. The first kappa shape index (κ1) is 14.9. The minimum atomic E-state index is 0.766. The van der Waals surface area contributed by atoms with E-state index >= 15 is 0 Å². The zero-order valence-corrected chi connectivity index (χ0v) is 13.2. The fourth-order valence-electron chi connectivity index (χ4n) is 1.78. The Balaban J connectivity index is 2.26.